The summed E-state index contributed by atoms with van der Waals surface area (Å²) in [6.07, 6.45) is 8.73. The topological polar surface area (TPSA) is 57.5 Å². The summed E-state index contributed by atoms with van der Waals surface area (Å²) >= 11 is 0. The number of aliphatic hydroxyl groups excluding tert-OH is 2. The van der Waals surface area contributed by atoms with Gasteiger partial charge in [-0.3, -0.25) is 4.79 Å². The van der Waals surface area contributed by atoms with Crippen molar-refractivity contribution in [1.29, 1.82) is 0 Å². The Morgan fingerprint density at radius 3 is 2.62 bits per heavy atom. The molecule has 0 bridgehead atoms. The van der Waals surface area contributed by atoms with Crippen molar-refractivity contribution in [2.45, 2.75) is 77.9 Å². The first-order valence-electron chi connectivity index (χ1n) is 9.83. The number of carbonyl (C=O) groups is 1. The molecule has 3 fully saturated rings. The van der Waals surface area contributed by atoms with Gasteiger partial charge in [0.25, 0.3) is 0 Å². The molecular weight excluding hydrogens is 300 g/mol. The van der Waals surface area contributed by atoms with Gasteiger partial charge in [-0.25, -0.2) is 0 Å². The molecule has 0 spiro atoms. The minimum atomic E-state index is -0.456. The van der Waals surface area contributed by atoms with Crippen molar-refractivity contribution in [1.82, 2.24) is 0 Å². The first-order chi connectivity index (χ1) is 11.3. The summed E-state index contributed by atoms with van der Waals surface area (Å²) in [4.78, 5) is 12.2. The van der Waals surface area contributed by atoms with E-state index >= 15 is 0 Å². The molecule has 0 saturated heterocycles. The highest BCUT2D eigenvalue weighted by Crippen LogP contribution is 2.66. The lowest BCUT2D eigenvalue weighted by molar-refractivity contribution is -0.130. The molecule has 0 radical (unpaired) electrons. The third-order valence-corrected chi connectivity index (χ3v) is 8.54. The van der Waals surface area contributed by atoms with Crippen molar-refractivity contribution in [3.63, 3.8) is 0 Å². The van der Waals surface area contributed by atoms with E-state index in [4.69, 9.17) is 0 Å². The molecule has 24 heavy (non-hydrogen) atoms. The van der Waals surface area contributed by atoms with Crippen molar-refractivity contribution in [3.8, 4) is 0 Å². The number of aliphatic hydroxyl groups is 2. The Morgan fingerprint density at radius 2 is 1.92 bits per heavy atom. The molecule has 0 amide bonds. The largest absolute Gasteiger partial charge is 0.393 e. The number of fused-ring (bicyclic) bond motifs is 5. The molecule has 3 saturated carbocycles. The van der Waals surface area contributed by atoms with Gasteiger partial charge >= 0.3 is 0 Å². The second-order valence-corrected chi connectivity index (χ2v) is 9.59. The lowest BCUT2D eigenvalue weighted by Gasteiger charge is -2.57. The lowest BCUT2D eigenvalue weighted by atomic mass is 9.47. The van der Waals surface area contributed by atoms with Crippen LogP contribution >= 0.6 is 0 Å². The summed E-state index contributed by atoms with van der Waals surface area (Å²) in [6.45, 7) is 6.34. The van der Waals surface area contributed by atoms with E-state index in [-0.39, 0.29) is 28.6 Å². The number of hydrogen-bond acceptors (Lipinski definition) is 3. The Kier molecular flexibility index (Phi) is 3.78. The van der Waals surface area contributed by atoms with Crippen molar-refractivity contribution >= 4 is 5.78 Å². The zero-order valence-electron chi connectivity index (χ0n) is 15.3. The molecule has 0 unspecified atom stereocenters. The van der Waals surface area contributed by atoms with Crippen LogP contribution in [0.5, 0.6) is 0 Å². The molecule has 0 aromatic rings. The van der Waals surface area contributed by atoms with Crippen LogP contribution in [0.15, 0.2) is 11.6 Å². The molecule has 0 aromatic heterocycles. The van der Waals surface area contributed by atoms with Crippen LogP contribution in [0.4, 0.5) is 0 Å². The van der Waals surface area contributed by atoms with E-state index in [9.17, 15) is 15.0 Å². The Bertz CT molecular complexity index is 582. The number of ketones is 1. The maximum Gasteiger partial charge on any atom is 0.136 e. The fourth-order valence-corrected chi connectivity index (χ4v) is 7.39. The molecule has 4 rings (SSSR count). The zero-order chi connectivity index (χ0) is 17.3. The molecule has 3 nitrogen and oxygen atoms in total. The molecule has 0 aliphatic heterocycles. The second kappa shape index (κ2) is 5.41. The third-order valence-electron chi connectivity index (χ3n) is 8.54. The SMILES string of the molecule is CC(=O)[C@H]1[C@H](O)C[C@H]2[C@@H]3CC=C4C[C@H](O)CC[C@]4(C)[C@H]3CC[C@]21C. The van der Waals surface area contributed by atoms with E-state index in [0.29, 0.717) is 17.8 Å². The van der Waals surface area contributed by atoms with E-state index in [1.54, 1.807) is 6.92 Å². The van der Waals surface area contributed by atoms with Crippen molar-refractivity contribution in [2.24, 2.45) is 34.5 Å². The van der Waals surface area contributed by atoms with Crippen LogP contribution in [0.2, 0.25) is 0 Å². The van der Waals surface area contributed by atoms with Gasteiger partial charge in [-0.15, -0.1) is 0 Å². The summed E-state index contributed by atoms with van der Waals surface area (Å²) in [5.41, 5.74) is 1.68. The highest BCUT2D eigenvalue weighted by Gasteiger charge is 2.61. The molecule has 134 valence electrons. The number of hydrogen-bond donors (Lipinski definition) is 2. The monoisotopic (exact) mass is 332 g/mol. The lowest BCUT2D eigenvalue weighted by Crippen LogP contribution is -2.51. The van der Waals surface area contributed by atoms with Crippen LogP contribution in [0.3, 0.4) is 0 Å². The Labute approximate surface area is 145 Å². The van der Waals surface area contributed by atoms with Crippen molar-refractivity contribution < 1.29 is 15.0 Å². The summed E-state index contributed by atoms with van der Waals surface area (Å²) in [6, 6.07) is 0. The van der Waals surface area contributed by atoms with Crippen molar-refractivity contribution in [2.75, 3.05) is 0 Å². The van der Waals surface area contributed by atoms with E-state index in [1.807, 2.05) is 0 Å². The number of Topliss-reactive ketones (excluding diaryl/α,β-unsaturated/α-hetero) is 1. The highest BCUT2D eigenvalue weighted by molar-refractivity contribution is 5.80. The molecule has 0 heterocycles. The van der Waals surface area contributed by atoms with E-state index in [1.165, 1.54) is 5.57 Å². The van der Waals surface area contributed by atoms with Gasteiger partial charge in [0.2, 0.25) is 0 Å². The quantitative estimate of drug-likeness (QED) is 0.723. The Morgan fingerprint density at radius 1 is 1.17 bits per heavy atom. The first-order valence-corrected chi connectivity index (χ1v) is 9.83. The maximum absolute atomic E-state index is 12.2. The average Bonchev–Trinajstić information content (AvgIpc) is 2.78. The summed E-state index contributed by atoms with van der Waals surface area (Å²) < 4.78 is 0. The molecule has 8 atom stereocenters. The zero-order valence-corrected chi connectivity index (χ0v) is 15.3. The van der Waals surface area contributed by atoms with Gasteiger partial charge < -0.3 is 10.2 Å². The standard InChI is InChI=1S/C21H32O3/c1-12(22)19-18(24)11-17-15-5-4-13-10-14(23)6-8-20(13,2)16(15)7-9-21(17,19)3/h4,14-19,23-24H,5-11H2,1-3H3/t14-,15-,16+,17+,18-,19+,20+,21-/m1/s1. The minimum absolute atomic E-state index is 0.0255. The molecular formula is C21H32O3. The van der Waals surface area contributed by atoms with E-state index < -0.39 is 6.10 Å². The van der Waals surface area contributed by atoms with Gasteiger partial charge in [-0.1, -0.05) is 25.5 Å². The van der Waals surface area contributed by atoms with E-state index in [2.05, 4.69) is 19.9 Å². The Hall–Kier alpha value is -0.670. The first kappa shape index (κ1) is 16.8. The molecule has 2 N–H and O–H groups in total. The van der Waals surface area contributed by atoms with Gasteiger partial charge in [-0.2, -0.15) is 0 Å². The van der Waals surface area contributed by atoms with Crippen LogP contribution < -0.4 is 0 Å². The second-order valence-electron chi connectivity index (χ2n) is 9.59. The average molecular weight is 332 g/mol. The summed E-state index contributed by atoms with van der Waals surface area (Å²) in [5.74, 6) is 1.70. The fraction of sp³-hybridized carbons (Fsp3) is 0.857. The predicted molar refractivity (Wildman–Crippen MR) is 93.3 cm³/mol. The van der Waals surface area contributed by atoms with E-state index in [0.717, 1.165) is 44.9 Å². The van der Waals surface area contributed by atoms with Crippen LogP contribution in [0, 0.1) is 34.5 Å². The number of carbonyl (C=O) groups excluding carboxylic acids is 1. The minimum Gasteiger partial charge on any atom is -0.393 e. The number of allylic oxidation sites excluding steroid dienone is 1. The normalized spacial score (nSPS) is 53.6. The highest BCUT2D eigenvalue weighted by atomic mass is 16.3. The van der Waals surface area contributed by atoms with Gasteiger partial charge in [0.05, 0.1) is 12.2 Å². The maximum atomic E-state index is 12.2. The molecule has 4 aliphatic rings. The fourth-order valence-electron chi connectivity index (χ4n) is 7.39. The summed E-state index contributed by atoms with van der Waals surface area (Å²) in [5, 5.41) is 20.7. The van der Waals surface area contributed by atoms with Crippen LogP contribution in [0.25, 0.3) is 0 Å². The molecule has 0 aromatic carbocycles. The van der Waals surface area contributed by atoms with Gasteiger partial charge in [0.1, 0.15) is 5.78 Å². The number of rotatable bonds is 1. The van der Waals surface area contributed by atoms with Crippen molar-refractivity contribution in [3.05, 3.63) is 11.6 Å². The van der Waals surface area contributed by atoms with Crippen LogP contribution in [-0.2, 0) is 4.79 Å². The smallest absolute Gasteiger partial charge is 0.136 e. The van der Waals surface area contributed by atoms with Gasteiger partial charge in [-0.05, 0) is 80.5 Å². The molecule has 3 heteroatoms. The van der Waals surface area contributed by atoms with Crippen LogP contribution in [0.1, 0.15) is 65.7 Å². The predicted octanol–water partition coefficient (Wildman–Crippen LogP) is 3.49. The summed E-state index contributed by atoms with van der Waals surface area (Å²) in [7, 11) is 0. The van der Waals surface area contributed by atoms with Gasteiger partial charge in [0, 0.05) is 5.92 Å². The van der Waals surface area contributed by atoms with Gasteiger partial charge in [0.15, 0.2) is 0 Å². The Balaban J connectivity index is 1.68. The molecule has 4 aliphatic carbocycles. The third kappa shape index (κ3) is 2.13. The van der Waals surface area contributed by atoms with Crippen LogP contribution in [-0.4, -0.2) is 28.2 Å².